The van der Waals surface area contributed by atoms with Crippen LogP contribution in [0.2, 0.25) is 0 Å². The molecule has 0 aliphatic rings. The molecule has 0 saturated heterocycles. The summed E-state index contributed by atoms with van der Waals surface area (Å²) >= 11 is 0. The quantitative estimate of drug-likeness (QED) is 0.640. The van der Waals surface area contributed by atoms with Gasteiger partial charge in [-0.3, -0.25) is 9.59 Å². The number of aliphatic hydroxyl groups excluding tert-OH is 1. The molecule has 2 aromatic heterocycles. The highest BCUT2D eigenvalue weighted by molar-refractivity contribution is 6.17. The Morgan fingerprint density at radius 1 is 1.00 bits per heavy atom. The van der Waals surface area contributed by atoms with Gasteiger partial charge in [-0.05, 0) is 24.3 Å². The molecule has 94 valence electrons. The standard InChI is InChI=1S/C13H14N2O3/c1-14-7-3-5-9(14)11(16)13(18)12(17)10-6-4-8-15(10)2/h3-8,13,18H,1-2H3. The van der Waals surface area contributed by atoms with Gasteiger partial charge in [0.05, 0.1) is 11.4 Å². The largest absolute Gasteiger partial charge is 0.377 e. The number of rotatable bonds is 4. The summed E-state index contributed by atoms with van der Waals surface area (Å²) in [5.74, 6) is -1.18. The highest BCUT2D eigenvalue weighted by atomic mass is 16.3. The zero-order chi connectivity index (χ0) is 13.3. The minimum Gasteiger partial charge on any atom is -0.377 e. The molecule has 2 rings (SSSR count). The van der Waals surface area contributed by atoms with Gasteiger partial charge in [0, 0.05) is 26.5 Å². The summed E-state index contributed by atoms with van der Waals surface area (Å²) in [6.07, 6.45) is 1.71. The highest BCUT2D eigenvalue weighted by Gasteiger charge is 2.28. The third-order valence-corrected chi connectivity index (χ3v) is 2.89. The molecule has 1 N–H and O–H groups in total. The first-order valence-corrected chi connectivity index (χ1v) is 5.51. The Bertz CT molecular complexity index is 543. The van der Waals surface area contributed by atoms with Gasteiger partial charge in [-0.25, -0.2) is 0 Å². The molecule has 0 radical (unpaired) electrons. The molecule has 0 aliphatic heterocycles. The van der Waals surface area contributed by atoms with E-state index in [1.54, 1.807) is 59.9 Å². The maximum Gasteiger partial charge on any atom is 0.215 e. The zero-order valence-electron chi connectivity index (χ0n) is 10.2. The SMILES string of the molecule is Cn1cccc1C(=O)C(O)C(=O)c1cccn1C. The summed E-state index contributed by atoms with van der Waals surface area (Å²) in [7, 11) is 3.37. The molecule has 0 aromatic carbocycles. The number of nitrogens with zero attached hydrogens (tertiary/aromatic N) is 2. The van der Waals surface area contributed by atoms with Crippen molar-refractivity contribution in [3.05, 3.63) is 48.0 Å². The van der Waals surface area contributed by atoms with E-state index in [-0.39, 0.29) is 0 Å². The summed E-state index contributed by atoms with van der Waals surface area (Å²) in [5.41, 5.74) is 0.620. The third kappa shape index (κ3) is 2.00. The smallest absolute Gasteiger partial charge is 0.215 e. The Balaban J connectivity index is 2.25. The molecule has 5 nitrogen and oxygen atoms in total. The van der Waals surface area contributed by atoms with Crippen molar-refractivity contribution < 1.29 is 14.7 Å². The molecule has 0 atom stereocenters. The second kappa shape index (κ2) is 4.62. The number of aryl methyl sites for hydroxylation is 2. The average Bonchev–Trinajstić information content (AvgIpc) is 2.95. The molecule has 2 aromatic rings. The zero-order valence-corrected chi connectivity index (χ0v) is 10.2. The molecule has 0 fully saturated rings. The summed E-state index contributed by atoms with van der Waals surface area (Å²) in [5, 5.41) is 9.85. The van der Waals surface area contributed by atoms with Gasteiger partial charge in [-0.2, -0.15) is 0 Å². The number of Topliss-reactive ketones (excluding diaryl/α,β-unsaturated/α-hetero) is 2. The number of carbonyl (C=O) groups excluding carboxylic acids is 2. The van der Waals surface area contributed by atoms with Crippen LogP contribution in [0.5, 0.6) is 0 Å². The summed E-state index contributed by atoms with van der Waals surface area (Å²) in [6.45, 7) is 0. The van der Waals surface area contributed by atoms with E-state index in [0.29, 0.717) is 11.4 Å². The summed E-state index contributed by atoms with van der Waals surface area (Å²) < 4.78 is 3.15. The van der Waals surface area contributed by atoms with Crippen LogP contribution >= 0.6 is 0 Å². The monoisotopic (exact) mass is 246 g/mol. The molecule has 2 heterocycles. The lowest BCUT2D eigenvalue weighted by molar-refractivity contribution is 0.0617. The molecule has 0 amide bonds. The predicted octanol–water partition coefficient (Wildman–Crippen LogP) is 0.790. The number of carbonyl (C=O) groups is 2. The van der Waals surface area contributed by atoms with Gasteiger partial charge in [0.1, 0.15) is 0 Å². The molecular weight excluding hydrogens is 232 g/mol. The Hall–Kier alpha value is -2.14. The van der Waals surface area contributed by atoms with E-state index in [1.165, 1.54) is 0 Å². The lowest BCUT2D eigenvalue weighted by atomic mass is 10.1. The maximum absolute atomic E-state index is 12.0. The van der Waals surface area contributed by atoms with Gasteiger partial charge in [0.15, 0.2) is 6.10 Å². The Kier molecular flexibility index (Phi) is 3.16. The van der Waals surface area contributed by atoms with Crippen LogP contribution in [0.3, 0.4) is 0 Å². The van der Waals surface area contributed by atoms with Crippen molar-refractivity contribution in [1.29, 1.82) is 0 Å². The molecule has 0 unspecified atom stereocenters. The van der Waals surface area contributed by atoms with Gasteiger partial charge in [0.2, 0.25) is 11.6 Å². The number of aliphatic hydroxyl groups is 1. The molecule has 0 saturated carbocycles. The molecule has 0 spiro atoms. The summed E-state index contributed by atoms with van der Waals surface area (Å²) in [6, 6.07) is 6.52. The molecule has 0 bridgehead atoms. The van der Waals surface area contributed by atoms with Crippen molar-refractivity contribution >= 4 is 11.6 Å². The lowest BCUT2D eigenvalue weighted by Gasteiger charge is -2.10. The molecule has 18 heavy (non-hydrogen) atoms. The van der Waals surface area contributed by atoms with Crippen LogP contribution in [0.15, 0.2) is 36.7 Å². The van der Waals surface area contributed by atoms with Crippen molar-refractivity contribution in [3.63, 3.8) is 0 Å². The van der Waals surface area contributed by atoms with Crippen LogP contribution in [0, 0.1) is 0 Å². The second-order valence-corrected chi connectivity index (χ2v) is 4.14. The normalized spacial score (nSPS) is 10.9. The first kappa shape index (κ1) is 12.3. The van der Waals surface area contributed by atoms with Gasteiger partial charge >= 0.3 is 0 Å². The Morgan fingerprint density at radius 3 is 1.67 bits per heavy atom. The second-order valence-electron chi connectivity index (χ2n) is 4.14. The minimum atomic E-state index is -1.66. The fourth-order valence-electron chi connectivity index (χ4n) is 1.83. The van der Waals surface area contributed by atoms with Crippen molar-refractivity contribution in [3.8, 4) is 0 Å². The van der Waals surface area contributed by atoms with Gasteiger partial charge in [-0.1, -0.05) is 0 Å². The van der Waals surface area contributed by atoms with E-state index in [0.717, 1.165) is 0 Å². The van der Waals surface area contributed by atoms with Crippen LogP contribution < -0.4 is 0 Å². The topological polar surface area (TPSA) is 64.2 Å². The van der Waals surface area contributed by atoms with E-state index >= 15 is 0 Å². The van der Waals surface area contributed by atoms with E-state index < -0.39 is 17.7 Å². The predicted molar refractivity (Wildman–Crippen MR) is 65.5 cm³/mol. The number of hydrogen-bond donors (Lipinski definition) is 1. The lowest BCUT2D eigenvalue weighted by Crippen LogP contribution is -2.32. The van der Waals surface area contributed by atoms with E-state index in [4.69, 9.17) is 0 Å². The van der Waals surface area contributed by atoms with E-state index in [1.807, 2.05) is 0 Å². The van der Waals surface area contributed by atoms with Gasteiger partial charge < -0.3 is 14.2 Å². The van der Waals surface area contributed by atoms with Crippen molar-refractivity contribution in [2.75, 3.05) is 0 Å². The van der Waals surface area contributed by atoms with Crippen molar-refractivity contribution in [2.24, 2.45) is 14.1 Å². The van der Waals surface area contributed by atoms with Crippen LogP contribution in [-0.2, 0) is 14.1 Å². The summed E-state index contributed by atoms with van der Waals surface area (Å²) in [4.78, 5) is 23.9. The van der Waals surface area contributed by atoms with Gasteiger partial charge in [-0.15, -0.1) is 0 Å². The molecule has 0 aliphatic carbocycles. The number of hydrogen-bond acceptors (Lipinski definition) is 3. The third-order valence-electron chi connectivity index (χ3n) is 2.89. The number of aromatic nitrogens is 2. The molecular formula is C13H14N2O3. The van der Waals surface area contributed by atoms with Crippen LogP contribution in [0.1, 0.15) is 21.0 Å². The Morgan fingerprint density at radius 2 is 1.39 bits per heavy atom. The fraction of sp³-hybridized carbons (Fsp3) is 0.231. The van der Waals surface area contributed by atoms with Crippen LogP contribution in [0.4, 0.5) is 0 Å². The van der Waals surface area contributed by atoms with Crippen LogP contribution in [0.25, 0.3) is 0 Å². The van der Waals surface area contributed by atoms with E-state index in [2.05, 4.69) is 0 Å². The maximum atomic E-state index is 12.0. The van der Waals surface area contributed by atoms with Crippen LogP contribution in [-0.4, -0.2) is 31.9 Å². The van der Waals surface area contributed by atoms with E-state index in [9.17, 15) is 14.7 Å². The first-order chi connectivity index (χ1) is 8.52. The van der Waals surface area contributed by atoms with Crippen molar-refractivity contribution in [1.82, 2.24) is 9.13 Å². The molecule has 5 heteroatoms. The Labute approximate surface area is 104 Å². The minimum absolute atomic E-state index is 0.310. The average molecular weight is 246 g/mol. The number of ketones is 2. The van der Waals surface area contributed by atoms with Gasteiger partial charge in [0.25, 0.3) is 0 Å². The first-order valence-electron chi connectivity index (χ1n) is 5.51. The highest BCUT2D eigenvalue weighted by Crippen LogP contribution is 2.10. The van der Waals surface area contributed by atoms with Crippen molar-refractivity contribution in [2.45, 2.75) is 6.10 Å². The fourth-order valence-corrected chi connectivity index (χ4v) is 1.83.